The maximum absolute atomic E-state index is 13.3. The summed E-state index contributed by atoms with van der Waals surface area (Å²) < 4.78 is 13.3. The Kier molecular flexibility index (Phi) is 7.40. The van der Waals surface area contributed by atoms with Crippen molar-refractivity contribution in [3.63, 3.8) is 0 Å². The van der Waals surface area contributed by atoms with Gasteiger partial charge < -0.3 is 15.5 Å². The number of hydrogen-bond donors (Lipinski definition) is 2. The molecule has 0 saturated carbocycles. The monoisotopic (exact) mass is 467 g/mol. The summed E-state index contributed by atoms with van der Waals surface area (Å²) in [5.41, 5.74) is 3.31. The number of aryl methyl sites for hydroxylation is 2. The number of piperidine rings is 1. The second-order valence-corrected chi connectivity index (χ2v) is 8.65. The third-order valence-electron chi connectivity index (χ3n) is 5.55. The first-order valence-corrected chi connectivity index (χ1v) is 11.6. The highest BCUT2D eigenvalue weighted by Crippen LogP contribution is 2.22. The number of carbonyl (C=O) groups is 1. The molecule has 172 valence electrons. The van der Waals surface area contributed by atoms with Crippen molar-refractivity contribution < 1.29 is 9.18 Å². The summed E-state index contributed by atoms with van der Waals surface area (Å²) in [6.45, 7) is 3.95. The minimum Gasteiger partial charge on any atom is -0.341 e. The van der Waals surface area contributed by atoms with Gasteiger partial charge in [0.25, 0.3) is 0 Å². The first-order valence-electron chi connectivity index (χ1n) is 11.2. The number of hydrogen-bond acceptors (Lipinski definition) is 5. The van der Waals surface area contributed by atoms with E-state index in [4.69, 9.17) is 11.6 Å². The lowest BCUT2D eigenvalue weighted by atomic mass is 10.1. The maximum Gasteiger partial charge on any atom is 0.227 e. The quantitative estimate of drug-likeness (QED) is 0.454. The molecule has 4 rings (SSSR count). The van der Waals surface area contributed by atoms with Crippen LogP contribution in [0.25, 0.3) is 0 Å². The van der Waals surface area contributed by atoms with Crippen LogP contribution in [0, 0.1) is 12.7 Å². The molecule has 0 aliphatic carbocycles. The predicted molar refractivity (Wildman–Crippen MR) is 131 cm³/mol. The zero-order valence-corrected chi connectivity index (χ0v) is 19.3. The first-order chi connectivity index (χ1) is 16.0. The largest absolute Gasteiger partial charge is 0.341 e. The molecule has 8 heteroatoms. The van der Waals surface area contributed by atoms with Crippen LogP contribution in [0.3, 0.4) is 0 Å². The predicted octanol–water partition coefficient (Wildman–Crippen LogP) is 5.88. The molecule has 0 spiro atoms. The molecule has 0 unspecified atom stereocenters. The van der Waals surface area contributed by atoms with Crippen LogP contribution in [0.2, 0.25) is 5.02 Å². The number of halogens is 2. The van der Waals surface area contributed by atoms with E-state index >= 15 is 0 Å². The van der Waals surface area contributed by atoms with Crippen LogP contribution in [0.4, 0.5) is 27.5 Å². The topological polar surface area (TPSA) is 70.2 Å². The molecule has 1 aliphatic heterocycles. The van der Waals surface area contributed by atoms with E-state index in [2.05, 4.69) is 25.5 Å². The van der Waals surface area contributed by atoms with Gasteiger partial charge in [0.05, 0.1) is 5.02 Å². The standard InChI is InChI=1S/C25H27ClFN5O/c1-17-15-23(31-25(28-17)32-13-3-2-4-14-32)29-19-7-9-20(10-8-19)30-24(33)12-6-18-5-11-22(27)21(26)16-18/h5,7-11,15-16H,2-4,6,12-14H2,1H3,(H,30,33)(H,28,29,31). The number of nitrogens with zero attached hydrogens (tertiary/aromatic N) is 3. The van der Waals surface area contributed by atoms with Gasteiger partial charge in [0.2, 0.25) is 11.9 Å². The fraction of sp³-hybridized carbons (Fsp3) is 0.320. The van der Waals surface area contributed by atoms with Crippen LogP contribution in [0.1, 0.15) is 36.9 Å². The Morgan fingerprint density at radius 2 is 1.76 bits per heavy atom. The lowest BCUT2D eigenvalue weighted by molar-refractivity contribution is -0.116. The van der Waals surface area contributed by atoms with E-state index in [1.54, 1.807) is 12.1 Å². The van der Waals surface area contributed by atoms with E-state index in [0.717, 1.165) is 41.8 Å². The molecule has 1 aliphatic rings. The van der Waals surface area contributed by atoms with Crippen molar-refractivity contribution >= 4 is 40.6 Å². The van der Waals surface area contributed by atoms with E-state index in [-0.39, 0.29) is 17.4 Å². The fourth-order valence-electron chi connectivity index (χ4n) is 3.81. The highest BCUT2D eigenvalue weighted by Gasteiger charge is 2.15. The minimum absolute atomic E-state index is 0.0675. The molecule has 33 heavy (non-hydrogen) atoms. The van der Waals surface area contributed by atoms with Gasteiger partial charge in [0.1, 0.15) is 11.6 Å². The molecule has 0 radical (unpaired) electrons. The number of aromatic nitrogens is 2. The van der Waals surface area contributed by atoms with Gasteiger partial charge in [0, 0.05) is 42.6 Å². The van der Waals surface area contributed by atoms with Crippen molar-refractivity contribution in [3.05, 3.63) is 70.6 Å². The van der Waals surface area contributed by atoms with Gasteiger partial charge in [-0.25, -0.2) is 9.37 Å². The number of nitrogens with one attached hydrogen (secondary N) is 2. The van der Waals surface area contributed by atoms with Gasteiger partial charge >= 0.3 is 0 Å². The fourth-order valence-corrected chi connectivity index (χ4v) is 4.02. The van der Waals surface area contributed by atoms with Crippen molar-refractivity contribution in [3.8, 4) is 0 Å². The van der Waals surface area contributed by atoms with Crippen LogP contribution in [-0.2, 0) is 11.2 Å². The van der Waals surface area contributed by atoms with Crippen molar-refractivity contribution in [2.45, 2.75) is 39.0 Å². The van der Waals surface area contributed by atoms with Gasteiger partial charge in [-0.1, -0.05) is 17.7 Å². The van der Waals surface area contributed by atoms with E-state index in [1.165, 1.54) is 25.3 Å². The number of anilines is 4. The zero-order chi connectivity index (χ0) is 23.2. The van der Waals surface area contributed by atoms with E-state index in [0.29, 0.717) is 12.1 Å². The van der Waals surface area contributed by atoms with E-state index in [1.807, 2.05) is 37.3 Å². The van der Waals surface area contributed by atoms with Crippen molar-refractivity contribution in [2.75, 3.05) is 28.6 Å². The lowest BCUT2D eigenvalue weighted by Crippen LogP contribution is -2.31. The molecule has 3 aromatic rings. The molecule has 6 nitrogen and oxygen atoms in total. The van der Waals surface area contributed by atoms with Crippen LogP contribution in [0.5, 0.6) is 0 Å². The summed E-state index contributed by atoms with van der Waals surface area (Å²) >= 11 is 5.80. The van der Waals surface area contributed by atoms with Crippen molar-refractivity contribution in [1.29, 1.82) is 0 Å². The number of rotatable bonds is 7. The van der Waals surface area contributed by atoms with Crippen LogP contribution >= 0.6 is 11.6 Å². The number of carbonyl (C=O) groups excluding carboxylic acids is 1. The SMILES string of the molecule is Cc1cc(Nc2ccc(NC(=O)CCc3ccc(F)c(Cl)c3)cc2)nc(N2CCCCC2)n1. The summed E-state index contributed by atoms with van der Waals surface area (Å²) in [5.74, 6) is 0.938. The first kappa shape index (κ1) is 23.0. The summed E-state index contributed by atoms with van der Waals surface area (Å²) in [4.78, 5) is 23.8. The summed E-state index contributed by atoms with van der Waals surface area (Å²) in [5, 5.41) is 6.28. The third-order valence-corrected chi connectivity index (χ3v) is 5.84. The van der Waals surface area contributed by atoms with Crippen LogP contribution in [0.15, 0.2) is 48.5 Å². The average molecular weight is 468 g/mol. The van der Waals surface area contributed by atoms with Gasteiger partial charge in [-0.05, 0) is 74.6 Å². The zero-order valence-electron chi connectivity index (χ0n) is 18.6. The van der Waals surface area contributed by atoms with E-state index < -0.39 is 5.82 Å². The Bertz CT molecular complexity index is 1120. The van der Waals surface area contributed by atoms with Gasteiger partial charge in [-0.15, -0.1) is 0 Å². The molecule has 0 bridgehead atoms. The lowest BCUT2D eigenvalue weighted by Gasteiger charge is -2.27. The summed E-state index contributed by atoms with van der Waals surface area (Å²) in [7, 11) is 0. The van der Waals surface area contributed by atoms with Gasteiger partial charge in [-0.3, -0.25) is 4.79 Å². The Morgan fingerprint density at radius 1 is 1.03 bits per heavy atom. The third kappa shape index (κ3) is 6.42. The highest BCUT2D eigenvalue weighted by atomic mass is 35.5. The maximum atomic E-state index is 13.3. The van der Waals surface area contributed by atoms with Gasteiger partial charge in [-0.2, -0.15) is 4.98 Å². The minimum atomic E-state index is -0.460. The van der Waals surface area contributed by atoms with Crippen LogP contribution in [-0.4, -0.2) is 29.0 Å². The highest BCUT2D eigenvalue weighted by molar-refractivity contribution is 6.30. The smallest absolute Gasteiger partial charge is 0.227 e. The van der Waals surface area contributed by atoms with Crippen molar-refractivity contribution in [1.82, 2.24) is 9.97 Å². The molecule has 2 heterocycles. The number of amides is 1. The molecule has 1 amide bonds. The Morgan fingerprint density at radius 3 is 2.48 bits per heavy atom. The number of benzene rings is 2. The molecule has 2 N–H and O–H groups in total. The molecular formula is C25H27ClFN5O. The Hall–Kier alpha value is -3.19. The van der Waals surface area contributed by atoms with Gasteiger partial charge in [0.15, 0.2) is 0 Å². The average Bonchev–Trinajstić information content (AvgIpc) is 2.81. The Balaban J connectivity index is 1.33. The molecular weight excluding hydrogens is 441 g/mol. The molecule has 2 aromatic carbocycles. The molecule has 0 atom stereocenters. The summed E-state index contributed by atoms with van der Waals surface area (Å²) in [6.07, 6.45) is 4.37. The van der Waals surface area contributed by atoms with E-state index in [9.17, 15) is 9.18 Å². The van der Waals surface area contributed by atoms with Crippen LogP contribution < -0.4 is 15.5 Å². The molecule has 1 aromatic heterocycles. The second kappa shape index (κ2) is 10.6. The molecule has 1 saturated heterocycles. The Labute approximate surface area is 198 Å². The second-order valence-electron chi connectivity index (χ2n) is 8.24. The summed E-state index contributed by atoms with van der Waals surface area (Å²) in [6, 6.07) is 13.9. The normalized spacial score (nSPS) is 13.6. The molecule has 1 fully saturated rings. The van der Waals surface area contributed by atoms with Crippen molar-refractivity contribution in [2.24, 2.45) is 0 Å².